The molecule has 0 radical (unpaired) electrons. The molecule has 8 heteroatoms. The Bertz CT molecular complexity index is 1280. The number of benzene rings is 2. The second-order valence-corrected chi connectivity index (χ2v) is 8.04. The van der Waals surface area contributed by atoms with E-state index in [1.807, 2.05) is 49.4 Å². The lowest BCUT2D eigenvalue weighted by Gasteiger charge is -2.10. The molecule has 0 amide bonds. The minimum Gasteiger partial charge on any atom is -0.493 e. The van der Waals surface area contributed by atoms with Crippen LogP contribution in [0.2, 0.25) is 0 Å². The number of nitrogens with one attached hydrogen (secondary N) is 1. The molecule has 0 aliphatic carbocycles. The van der Waals surface area contributed by atoms with Crippen molar-refractivity contribution in [1.29, 1.82) is 0 Å². The Morgan fingerprint density at radius 1 is 1.16 bits per heavy atom. The average Bonchev–Trinajstić information content (AvgIpc) is 3.34. The minimum atomic E-state index is -0.161. The maximum absolute atomic E-state index is 13.4. The van der Waals surface area contributed by atoms with Crippen molar-refractivity contribution in [2.75, 3.05) is 14.2 Å². The van der Waals surface area contributed by atoms with Crippen molar-refractivity contribution in [3.05, 3.63) is 64.1 Å². The number of para-hydroxylation sites is 2. The molecule has 0 fully saturated rings. The van der Waals surface area contributed by atoms with E-state index in [2.05, 4.69) is 17.0 Å². The van der Waals surface area contributed by atoms with Crippen LogP contribution in [0.15, 0.2) is 52.3 Å². The van der Waals surface area contributed by atoms with E-state index >= 15 is 0 Å². The zero-order valence-electron chi connectivity index (χ0n) is 17.9. The number of hydrogen-bond donors (Lipinski definition) is 1. The molecule has 2 aromatic heterocycles. The highest BCUT2D eigenvalue weighted by molar-refractivity contribution is 7.20. The summed E-state index contributed by atoms with van der Waals surface area (Å²) in [6, 6.07) is 13.3. The van der Waals surface area contributed by atoms with Crippen LogP contribution >= 0.6 is 11.3 Å². The quantitative estimate of drug-likeness (QED) is 0.419. The van der Waals surface area contributed by atoms with Crippen LogP contribution in [-0.2, 0) is 6.42 Å². The molecule has 4 rings (SSSR count). The van der Waals surface area contributed by atoms with Crippen LogP contribution in [0.5, 0.6) is 11.5 Å². The van der Waals surface area contributed by atoms with Crippen molar-refractivity contribution in [2.24, 2.45) is 4.99 Å². The van der Waals surface area contributed by atoms with E-state index in [1.54, 1.807) is 14.2 Å². The zero-order valence-corrected chi connectivity index (χ0v) is 18.7. The van der Waals surface area contributed by atoms with Crippen LogP contribution < -0.4 is 15.0 Å². The number of aromatic nitrogens is 3. The fourth-order valence-corrected chi connectivity index (χ4v) is 4.50. The van der Waals surface area contributed by atoms with Gasteiger partial charge in [0.2, 0.25) is 5.13 Å². The Balaban J connectivity index is 1.85. The number of rotatable bonds is 7. The van der Waals surface area contributed by atoms with E-state index < -0.39 is 0 Å². The third kappa shape index (κ3) is 3.86. The number of aromatic amines is 1. The molecule has 0 saturated heterocycles. The molecule has 1 N–H and O–H groups in total. The molecule has 0 aliphatic rings. The first-order valence-electron chi connectivity index (χ1n) is 10.0. The predicted molar refractivity (Wildman–Crippen MR) is 125 cm³/mol. The predicted octanol–water partition coefficient (Wildman–Crippen LogP) is 4.89. The largest absolute Gasteiger partial charge is 0.493 e. The van der Waals surface area contributed by atoms with E-state index in [9.17, 15) is 4.79 Å². The molecule has 0 atom stereocenters. The summed E-state index contributed by atoms with van der Waals surface area (Å²) in [5.41, 5.74) is 3.32. The highest BCUT2D eigenvalue weighted by Gasteiger charge is 2.20. The van der Waals surface area contributed by atoms with Crippen LogP contribution in [0.25, 0.3) is 15.3 Å². The van der Waals surface area contributed by atoms with Crippen molar-refractivity contribution in [3.8, 4) is 16.6 Å². The summed E-state index contributed by atoms with van der Waals surface area (Å²) >= 11 is 1.48. The number of methoxy groups -OCH3 is 2. The SMILES string of the molecule is CCCc1[nH]n(-c2nc3ccccc3s2)c(=O)c1C(C)=Nc1cccc(OC)c1OC. The van der Waals surface area contributed by atoms with Gasteiger partial charge in [0.05, 0.1) is 35.7 Å². The van der Waals surface area contributed by atoms with Crippen molar-refractivity contribution in [3.63, 3.8) is 0 Å². The number of fused-ring (bicyclic) bond motifs is 1. The monoisotopic (exact) mass is 436 g/mol. The van der Waals surface area contributed by atoms with Gasteiger partial charge in [0, 0.05) is 5.69 Å². The molecule has 0 bridgehead atoms. The lowest BCUT2D eigenvalue weighted by molar-refractivity contribution is 0.356. The number of nitrogens with zero attached hydrogens (tertiary/aromatic N) is 3. The van der Waals surface area contributed by atoms with Gasteiger partial charge >= 0.3 is 0 Å². The van der Waals surface area contributed by atoms with E-state index in [1.165, 1.54) is 16.0 Å². The molecule has 2 heterocycles. The Hall–Kier alpha value is -3.39. The summed E-state index contributed by atoms with van der Waals surface area (Å²) in [6.45, 7) is 3.92. The lowest BCUT2D eigenvalue weighted by atomic mass is 10.1. The van der Waals surface area contributed by atoms with Crippen LogP contribution in [0.3, 0.4) is 0 Å². The number of aryl methyl sites for hydroxylation is 1. The molecule has 4 aromatic rings. The van der Waals surface area contributed by atoms with Gasteiger partial charge in [-0.05, 0) is 37.6 Å². The van der Waals surface area contributed by atoms with Crippen LogP contribution in [0.1, 0.15) is 31.5 Å². The Morgan fingerprint density at radius 3 is 2.68 bits per heavy atom. The standard InChI is InChI=1S/C23H24N4O3S/c1-5-9-16-20(14(2)24-17-11-8-12-18(29-3)21(17)30-4)22(28)27(26-16)23-25-15-10-6-7-13-19(15)31-23/h6-8,10-13,26H,5,9H2,1-4H3. The van der Waals surface area contributed by atoms with E-state index in [0.717, 1.165) is 28.8 Å². The number of ether oxygens (including phenoxy) is 2. The van der Waals surface area contributed by atoms with E-state index in [0.29, 0.717) is 33.6 Å². The number of aliphatic imine (C=N–C) groups is 1. The second kappa shape index (κ2) is 8.77. The van der Waals surface area contributed by atoms with Gasteiger partial charge in [0.15, 0.2) is 11.5 Å². The first kappa shape index (κ1) is 20.9. The Morgan fingerprint density at radius 2 is 1.97 bits per heavy atom. The summed E-state index contributed by atoms with van der Waals surface area (Å²) in [4.78, 5) is 22.8. The fraction of sp³-hybridized carbons (Fsp3) is 0.261. The van der Waals surface area contributed by atoms with Crippen LogP contribution in [-0.4, -0.2) is 34.7 Å². The fourth-order valence-electron chi connectivity index (χ4n) is 3.57. The number of hydrogen-bond acceptors (Lipinski definition) is 6. The molecule has 0 unspecified atom stereocenters. The molecular weight excluding hydrogens is 412 g/mol. The van der Waals surface area contributed by atoms with Crippen molar-refractivity contribution < 1.29 is 9.47 Å². The third-order valence-corrected chi connectivity index (χ3v) is 5.99. The van der Waals surface area contributed by atoms with Gasteiger partial charge in [-0.25, -0.2) is 9.98 Å². The highest BCUT2D eigenvalue weighted by atomic mass is 32.1. The molecule has 2 aromatic carbocycles. The normalized spacial score (nSPS) is 11.8. The topological polar surface area (TPSA) is 81.5 Å². The summed E-state index contributed by atoms with van der Waals surface area (Å²) in [5, 5.41) is 3.87. The molecule has 0 saturated carbocycles. The lowest BCUT2D eigenvalue weighted by Crippen LogP contribution is -2.19. The average molecular weight is 437 g/mol. The summed E-state index contributed by atoms with van der Waals surface area (Å²) < 4.78 is 13.4. The van der Waals surface area contributed by atoms with Crippen molar-refractivity contribution in [2.45, 2.75) is 26.7 Å². The Labute approximate surface area is 184 Å². The van der Waals surface area contributed by atoms with Gasteiger partial charge in [-0.3, -0.25) is 9.89 Å². The Kier molecular flexibility index (Phi) is 5.90. The summed E-state index contributed by atoms with van der Waals surface area (Å²) in [7, 11) is 3.16. The van der Waals surface area contributed by atoms with E-state index in [-0.39, 0.29) is 5.56 Å². The van der Waals surface area contributed by atoms with Crippen molar-refractivity contribution >= 4 is 33.0 Å². The zero-order chi connectivity index (χ0) is 22.0. The maximum Gasteiger partial charge on any atom is 0.282 e. The first-order chi connectivity index (χ1) is 15.1. The van der Waals surface area contributed by atoms with Gasteiger partial charge < -0.3 is 9.47 Å². The maximum atomic E-state index is 13.4. The van der Waals surface area contributed by atoms with E-state index in [4.69, 9.17) is 14.5 Å². The van der Waals surface area contributed by atoms with Gasteiger partial charge in [-0.15, -0.1) is 0 Å². The van der Waals surface area contributed by atoms with Gasteiger partial charge in [0.25, 0.3) is 5.56 Å². The van der Waals surface area contributed by atoms with Gasteiger partial charge in [-0.2, -0.15) is 4.68 Å². The summed E-state index contributed by atoms with van der Waals surface area (Å²) in [6.07, 6.45) is 1.62. The first-order valence-corrected chi connectivity index (χ1v) is 10.9. The second-order valence-electron chi connectivity index (χ2n) is 7.03. The molecule has 0 spiro atoms. The molecule has 0 aliphatic heterocycles. The van der Waals surface area contributed by atoms with Gasteiger partial charge in [-0.1, -0.05) is 42.9 Å². The third-order valence-electron chi connectivity index (χ3n) is 4.97. The van der Waals surface area contributed by atoms with Crippen LogP contribution in [0.4, 0.5) is 5.69 Å². The minimum absolute atomic E-state index is 0.161. The number of H-pyrrole nitrogens is 1. The summed E-state index contributed by atoms with van der Waals surface area (Å²) in [5.74, 6) is 1.12. The highest BCUT2D eigenvalue weighted by Crippen LogP contribution is 2.37. The molecular formula is C23H24N4O3S. The smallest absolute Gasteiger partial charge is 0.282 e. The molecule has 160 valence electrons. The molecule has 7 nitrogen and oxygen atoms in total. The van der Waals surface area contributed by atoms with Crippen LogP contribution in [0, 0.1) is 0 Å². The number of thiazole rings is 1. The van der Waals surface area contributed by atoms with Crippen molar-refractivity contribution in [1.82, 2.24) is 14.8 Å². The molecule has 31 heavy (non-hydrogen) atoms. The van der Waals surface area contributed by atoms with Gasteiger partial charge in [0.1, 0.15) is 5.69 Å².